The SMILES string of the molecule is CC(=Nc1cccc(C(F)(F)F)c1)[N+](=O)[O-]. The van der Waals surface area contributed by atoms with Gasteiger partial charge in [0.15, 0.2) is 5.69 Å². The highest BCUT2D eigenvalue weighted by atomic mass is 19.4. The summed E-state index contributed by atoms with van der Waals surface area (Å²) in [7, 11) is 0. The molecule has 0 aliphatic rings. The Morgan fingerprint density at radius 1 is 1.44 bits per heavy atom. The van der Waals surface area contributed by atoms with E-state index in [1.165, 1.54) is 6.07 Å². The molecule has 0 fully saturated rings. The first-order valence-electron chi connectivity index (χ1n) is 4.17. The lowest BCUT2D eigenvalue weighted by atomic mass is 10.2. The van der Waals surface area contributed by atoms with Crippen molar-refractivity contribution in [1.82, 2.24) is 0 Å². The number of nitro groups is 1. The zero-order chi connectivity index (χ0) is 12.3. The van der Waals surface area contributed by atoms with E-state index < -0.39 is 22.5 Å². The summed E-state index contributed by atoms with van der Waals surface area (Å²) in [6.45, 7) is 1.11. The van der Waals surface area contributed by atoms with Gasteiger partial charge in [-0.15, -0.1) is 0 Å². The van der Waals surface area contributed by atoms with Gasteiger partial charge in [0.25, 0.3) is 0 Å². The van der Waals surface area contributed by atoms with Crippen molar-refractivity contribution in [3.05, 3.63) is 39.9 Å². The van der Waals surface area contributed by atoms with E-state index in [4.69, 9.17) is 0 Å². The monoisotopic (exact) mass is 232 g/mol. The summed E-state index contributed by atoms with van der Waals surface area (Å²) >= 11 is 0. The van der Waals surface area contributed by atoms with Crippen LogP contribution in [0.1, 0.15) is 12.5 Å². The Kier molecular flexibility index (Phi) is 3.26. The van der Waals surface area contributed by atoms with Crippen molar-refractivity contribution in [3.63, 3.8) is 0 Å². The van der Waals surface area contributed by atoms with Crippen LogP contribution >= 0.6 is 0 Å². The summed E-state index contributed by atoms with van der Waals surface area (Å²) in [5.41, 5.74) is -0.978. The summed E-state index contributed by atoms with van der Waals surface area (Å²) in [5, 5.41) is 10.2. The number of aliphatic imine (C=N–C) groups is 1. The third-order valence-electron chi connectivity index (χ3n) is 1.73. The van der Waals surface area contributed by atoms with Crippen molar-refractivity contribution >= 4 is 11.5 Å². The minimum Gasteiger partial charge on any atom is -0.358 e. The zero-order valence-corrected chi connectivity index (χ0v) is 8.15. The molecule has 4 nitrogen and oxygen atoms in total. The molecule has 1 rings (SSSR count). The fourth-order valence-electron chi connectivity index (χ4n) is 0.979. The van der Waals surface area contributed by atoms with E-state index in [0.29, 0.717) is 0 Å². The van der Waals surface area contributed by atoms with Crippen LogP contribution in [0, 0.1) is 10.1 Å². The standard InChI is InChI=1S/C9H7F3N2O2/c1-6(14(15)16)13-8-4-2-3-7(5-8)9(10,11)12/h2-5H,1H3. The van der Waals surface area contributed by atoms with Crippen LogP contribution in [-0.4, -0.2) is 10.8 Å². The van der Waals surface area contributed by atoms with Gasteiger partial charge in [-0.25, -0.2) is 0 Å². The molecule has 0 saturated carbocycles. The highest BCUT2D eigenvalue weighted by Crippen LogP contribution is 2.31. The van der Waals surface area contributed by atoms with Crippen LogP contribution in [-0.2, 0) is 6.18 Å². The molecule has 0 aliphatic heterocycles. The van der Waals surface area contributed by atoms with Crippen LogP contribution in [0.4, 0.5) is 18.9 Å². The molecule has 0 radical (unpaired) electrons. The maximum absolute atomic E-state index is 12.3. The summed E-state index contributed by atoms with van der Waals surface area (Å²) in [5.74, 6) is -0.459. The Labute approximate surface area is 88.6 Å². The van der Waals surface area contributed by atoms with Gasteiger partial charge in [0, 0.05) is 13.0 Å². The lowest BCUT2D eigenvalue weighted by molar-refractivity contribution is -0.351. The molecule has 16 heavy (non-hydrogen) atoms. The molecular formula is C9H7F3N2O2. The third-order valence-corrected chi connectivity index (χ3v) is 1.73. The number of benzene rings is 1. The van der Waals surface area contributed by atoms with Gasteiger partial charge >= 0.3 is 12.0 Å². The molecule has 0 amide bonds. The molecule has 0 heterocycles. The molecule has 0 bridgehead atoms. The molecule has 0 N–H and O–H groups in total. The average Bonchev–Trinajstić information content (AvgIpc) is 2.16. The fraction of sp³-hybridized carbons (Fsp3) is 0.222. The second-order valence-corrected chi connectivity index (χ2v) is 2.96. The van der Waals surface area contributed by atoms with Crippen LogP contribution < -0.4 is 0 Å². The van der Waals surface area contributed by atoms with Gasteiger partial charge in [-0.1, -0.05) is 6.07 Å². The van der Waals surface area contributed by atoms with Gasteiger partial charge in [0.1, 0.15) is 0 Å². The van der Waals surface area contributed by atoms with E-state index in [1.807, 2.05) is 0 Å². The van der Waals surface area contributed by atoms with Gasteiger partial charge in [-0.05, 0) is 22.0 Å². The van der Waals surface area contributed by atoms with Crippen molar-refractivity contribution in [1.29, 1.82) is 0 Å². The number of hydrogen-bond acceptors (Lipinski definition) is 3. The lowest BCUT2D eigenvalue weighted by Crippen LogP contribution is -2.06. The van der Waals surface area contributed by atoms with E-state index in [9.17, 15) is 23.3 Å². The summed E-state index contributed by atoms with van der Waals surface area (Å²) in [6, 6.07) is 4.05. The van der Waals surface area contributed by atoms with Crippen molar-refractivity contribution in [2.75, 3.05) is 0 Å². The number of nitrogens with zero attached hydrogens (tertiary/aromatic N) is 2. The van der Waals surface area contributed by atoms with Crippen molar-refractivity contribution < 1.29 is 18.1 Å². The fourth-order valence-corrected chi connectivity index (χ4v) is 0.979. The number of amidine groups is 1. The van der Waals surface area contributed by atoms with Gasteiger partial charge in [-0.3, -0.25) is 0 Å². The maximum atomic E-state index is 12.3. The van der Waals surface area contributed by atoms with E-state index in [2.05, 4.69) is 4.99 Å². The number of alkyl halides is 3. The molecule has 0 aliphatic carbocycles. The number of hydrogen-bond donors (Lipinski definition) is 0. The van der Waals surface area contributed by atoms with E-state index in [0.717, 1.165) is 25.1 Å². The van der Waals surface area contributed by atoms with Crippen molar-refractivity contribution in [2.24, 2.45) is 4.99 Å². The molecule has 7 heteroatoms. The normalized spacial score (nSPS) is 12.6. The molecule has 0 unspecified atom stereocenters. The second kappa shape index (κ2) is 4.30. The number of rotatable bonds is 1. The first-order valence-corrected chi connectivity index (χ1v) is 4.17. The van der Waals surface area contributed by atoms with Gasteiger partial charge < -0.3 is 10.1 Å². The highest BCUT2D eigenvalue weighted by molar-refractivity contribution is 5.74. The van der Waals surface area contributed by atoms with E-state index >= 15 is 0 Å². The van der Waals surface area contributed by atoms with Crippen molar-refractivity contribution in [2.45, 2.75) is 13.1 Å². The Morgan fingerprint density at radius 2 is 2.06 bits per heavy atom. The number of halogens is 3. The zero-order valence-electron chi connectivity index (χ0n) is 8.15. The Hall–Kier alpha value is -1.92. The van der Waals surface area contributed by atoms with Gasteiger partial charge in [0.05, 0.1) is 5.56 Å². The van der Waals surface area contributed by atoms with Crippen LogP contribution in [0.5, 0.6) is 0 Å². The molecule has 0 aromatic heterocycles. The lowest BCUT2D eigenvalue weighted by Gasteiger charge is -2.04. The van der Waals surface area contributed by atoms with Crippen LogP contribution in [0.2, 0.25) is 0 Å². The molecule has 0 spiro atoms. The Balaban J connectivity index is 3.09. The van der Waals surface area contributed by atoms with Gasteiger partial charge in [0.2, 0.25) is 0 Å². The Morgan fingerprint density at radius 3 is 2.56 bits per heavy atom. The molecule has 0 atom stereocenters. The molecule has 0 saturated heterocycles. The third kappa shape index (κ3) is 3.04. The first kappa shape index (κ1) is 12.2. The predicted octanol–water partition coefficient (Wildman–Crippen LogP) is 3.03. The molecule has 1 aromatic rings. The minimum atomic E-state index is -4.48. The minimum absolute atomic E-state index is 0.0935. The summed E-state index contributed by atoms with van der Waals surface area (Å²) in [6.07, 6.45) is -4.48. The predicted molar refractivity (Wildman–Crippen MR) is 51.2 cm³/mol. The topological polar surface area (TPSA) is 55.5 Å². The first-order chi connectivity index (χ1) is 7.30. The Bertz CT molecular complexity index is 441. The van der Waals surface area contributed by atoms with Crippen LogP contribution in [0.15, 0.2) is 29.3 Å². The van der Waals surface area contributed by atoms with E-state index in [1.54, 1.807) is 0 Å². The van der Waals surface area contributed by atoms with E-state index in [-0.39, 0.29) is 5.69 Å². The quantitative estimate of drug-likeness (QED) is 0.323. The second-order valence-electron chi connectivity index (χ2n) is 2.96. The summed E-state index contributed by atoms with van der Waals surface area (Å²) in [4.78, 5) is 12.9. The largest absolute Gasteiger partial charge is 0.416 e. The smallest absolute Gasteiger partial charge is 0.358 e. The van der Waals surface area contributed by atoms with Crippen molar-refractivity contribution in [3.8, 4) is 0 Å². The highest BCUT2D eigenvalue weighted by Gasteiger charge is 2.30. The van der Waals surface area contributed by atoms with Crippen LogP contribution in [0.25, 0.3) is 0 Å². The molecule has 1 aromatic carbocycles. The van der Waals surface area contributed by atoms with Crippen LogP contribution in [0.3, 0.4) is 0 Å². The molecule has 86 valence electrons. The maximum Gasteiger partial charge on any atom is 0.416 e. The summed E-state index contributed by atoms with van der Waals surface area (Å²) < 4.78 is 36.8. The molecular weight excluding hydrogens is 225 g/mol. The van der Waals surface area contributed by atoms with Gasteiger partial charge in [-0.2, -0.15) is 13.2 Å². The average molecular weight is 232 g/mol.